The SMILES string of the molecule is CC1(C)OB(c2cnn(C[C@H]3CCCO3)c2)OC1(C)C. The van der Waals surface area contributed by atoms with Crippen LogP contribution in [0.25, 0.3) is 0 Å². The zero-order chi connectivity index (χ0) is 14.4. The zero-order valence-corrected chi connectivity index (χ0v) is 12.8. The van der Waals surface area contributed by atoms with Crippen molar-refractivity contribution < 1.29 is 14.0 Å². The van der Waals surface area contributed by atoms with Gasteiger partial charge in [0, 0.05) is 24.5 Å². The summed E-state index contributed by atoms with van der Waals surface area (Å²) < 4.78 is 19.6. The normalized spacial score (nSPS) is 28.2. The Morgan fingerprint density at radius 2 is 2.00 bits per heavy atom. The molecule has 6 heteroatoms. The van der Waals surface area contributed by atoms with Crippen LogP contribution in [-0.2, 0) is 20.6 Å². The Bertz CT molecular complexity index is 465. The molecule has 2 aliphatic rings. The Morgan fingerprint density at radius 1 is 1.30 bits per heavy atom. The van der Waals surface area contributed by atoms with E-state index in [4.69, 9.17) is 14.0 Å². The van der Waals surface area contributed by atoms with Crippen LogP contribution in [0.1, 0.15) is 40.5 Å². The second-order valence-electron chi connectivity index (χ2n) is 6.72. The molecule has 0 N–H and O–H groups in total. The zero-order valence-electron chi connectivity index (χ0n) is 12.8. The molecule has 3 heterocycles. The standard InChI is InChI=1S/C14H23BN2O3/c1-13(2)14(3,4)20-15(19-13)11-8-16-17(9-11)10-12-6-5-7-18-12/h8-9,12H,5-7,10H2,1-4H3/t12-/m1/s1. The molecule has 1 atom stereocenters. The van der Waals surface area contributed by atoms with Crippen LogP contribution in [0.5, 0.6) is 0 Å². The van der Waals surface area contributed by atoms with Gasteiger partial charge in [-0.25, -0.2) is 0 Å². The Kier molecular flexibility index (Phi) is 3.43. The molecule has 0 aliphatic carbocycles. The lowest BCUT2D eigenvalue weighted by molar-refractivity contribution is 0.00578. The van der Waals surface area contributed by atoms with Gasteiger partial charge in [0.15, 0.2) is 0 Å². The fraction of sp³-hybridized carbons (Fsp3) is 0.786. The van der Waals surface area contributed by atoms with Crippen LogP contribution in [0.4, 0.5) is 0 Å². The summed E-state index contributed by atoms with van der Waals surface area (Å²) in [5.74, 6) is 0. The van der Waals surface area contributed by atoms with Gasteiger partial charge in [0.25, 0.3) is 0 Å². The first kappa shape index (κ1) is 14.1. The molecular weight excluding hydrogens is 255 g/mol. The minimum Gasteiger partial charge on any atom is -0.399 e. The summed E-state index contributed by atoms with van der Waals surface area (Å²) in [6.07, 6.45) is 6.39. The average Bonchev–Trinajstić information content (AvgIpc) is 3.02. The van der Waals surface area contributed by atoms with Gasteiger partial charge in [-0.2, -0.15) is 5.10 Å². The van der Waals surface area contributed by atoms with Crippen molar-refractivity contribution in [3.05, 3.63) is 12.4 Å². The van der Waals surface area contributed by atoms with E-state index in [9.17, 15) is 0 Å². The van der Waals surface area contributed by atoms with Crippen molar-refractivity contribution in [1.82, 2.24) is 9.78 Å². The quantitative estimate of drug-likeness (QED) is 0.783. The summed E-state index contributed by atoms with van der Waals surface area (Å²) >= 11 is 0. The van der Waals surface area contributed by atoms with Crippen LogP contribution in [0.15, 0.2) is 12.4 Å². The third-order valence-electron chi connectivity index (χ3n) is 4.59. The maximum Gasteiger partial charge on any atom is 0.498 e. The number of rotatable bonds is 3. The number of aromatic nitrogens is 2. The first-order valence-electron chi connectivity index (χ1n) is 7.37. The summed E-state index contributed by atoms with van der Waals surface area (Å²) in [5, 5.41) is 4.40. The largest absolute Gasteiger partial charge is 0.498 e. The molecule has 20 heavy (non-hydrogen) atoms. The van der Waals surface area contributed by atoms with Crippen LogP contribution in [0.2, 0.25) is 0 Å². The molecule has 1 aromatic rings. The van der Waals surface area contributed by atoms with E-state index in [0.29, 0.717) is 6.10 Å². The molecule has 2 saturated heterocycles. The van der Waals surface area contributed by atoms with Gasteiger partial charge >= 0.3 is 7.12 Å². The van der Waals surface area contributed by atoms with E-state index in [-0.39, 0.29) is 18.3 Å². The van der Waals surface area contributed by atoms with E-state index in [1.165, 1.54) is 0 Å². The minimum atomic E-state index is -0.335. The van der Waals surface area contributed by atoms with Crippen molar-refractivity contribution in [3.63, 3.8) is 0 Å². The highest BCUT2D eigenvalue weighted by molar-refractivity contribution is 6.61. The van der Waals surface area contributed by atoms with E-state index in [1.807, 2.05) is 17.1 Å². The van der Waals surface area contributed by atoms with E-state index in [0.717, 1.165) is 31.5 Å². The lowest BCUT2D eigenvalue weighted by atomic mass is 9.82. The van der Waals surface area contributed by atoms with Crippen LogP contribution in [0.3, 0.4) is 0 Å². The number of nitrogens with zero attached hydrogens (tertiary/aromatic N) is 2. The molecule has 110 valence electrons. The highest BCUT2D eigenvalue weighted by Crippen LogP contribution is 2.36. The predicted molar refractivity (Wildman–Crippen MR) is 76.9 cm³/mol. The van der Waals surface area contributed by atoms with Gasteiger partial charge in [-0.15, -0.1) is 0 Å². The van der Waals surface area contributed by atoms with Gasteiger partial charge in [-0.05, 0) is 40.5 Å². The Hall–Kier alpha value is -0.845. The fourth-order valence-electron chi connectivity index (χ4n) is 2.58. The summed E-state index contributed by atoms with van der Waals surface area (Å²) in [6, 6.07) is 0. The van der Waals surface area contributed by atoms with Crippen molar-refractivity contribution in [2.45, 2.75) is 64.4 Å². The number of hydrogen-bond donors (Lipinski definition) is 0. The third kappa shape index (κ3) is 2.52. The monoisotopic (exact) mass is 278 g/mol. The lowest BCUT2D eigenvalue weighted by Crippen LogP contribution is -2.41. The topological polar surface area (TPSA) is 45.5 Å². The molecular formula is C14H23BN2O3. The number of ether oxygens (including phenoxy) is 1. The van der Waals surface area contributed by atoms with Crippen molar-refractivity contribution >= 4 is 12.6 Å². The van der Waals surface area contributed by atoms with Crippen molar-refractivity contribution in [3.8, 4) is 0 Å². The molecule has 2 aliphatic heterocycles. The highest BCUT2D eigenvalue weighted by atomic mass is 16.7. The van der Waals surface area contributed by atoms with Gasteiger partial charge in [0.05, 0.1) is 23.9 Å². The maximum absolute atomic E-state index is 6.03. The maximum atomic E-state index is 6.03. The lowest BCUT2D eigenvalue weighted by Gasteiger charge is -2.32. The van der Waals surface area contributed by atoms with E-state index < -0.39 is 0 Å². The molecule has 0 amide bonds. The van der Waals surface area contributed by atoms with Crippen LogP contribution in [-0.4, -0.2) is 40.8 Å². The second-order valence-corrected chi connectivity index (χ2v) is 6.72. The molecule has 0 spiro atoms. The van der Waals surface area contributed by atoms with Crippen LogP contribution in [0, 0.1) is 0 Å². The summed E-state index contributed by atoms with van der Waals surface area (Å²) in [4.78, 5) is 0. The fourth-order valence-corrected chi connectivity index (χ4v) is 2.58. The Labute approximate surface area is 120 Å². The molecule has 2 fully saturated rings. The molecule has 0 bridgehead atoms. The van der Waals surface area contributed by atoms with Gasteiger partial charge in [0.1, 0.15) is 0 Å². The Balaban J connectivity index is 1.68. The van der Waals surface area contributed by atoms with Crippen molar-refractivity contribution in [2.24, 2.45) is 0 Å². The van der Waals surface area contributed by atoms with Crippen molar-refractivity contribution in [2.75, 3.05) is 6.61 Å². The third-order valence-corrected chi connectivity index (χ3v) is 4.59. The molecule has 0 radical (unpaired) electrons. The summed E-state index contributed by atoms with van der Waals surface area (Å²) in [5.41, 5.74) is 0.351. The molecule has 1 aromatic heterocycles. The average molecular weight is 278 g/mol. The van der Waals surface area contributed by atoms with Gasteiger partial charge < -0.3 is 14.0 Å². The minimum absolute atomic E-state index is 0.293. The first-order chi connectivity index (χ1) is 9.37. The van der Waals surface area contributed by atoms with Crippen molar-refractivity contribution in [1.29, 1.82) is 0 Å². The number of hydrogen-bond acceptors (Lipinski definition) is 4. The smallest absolute Gasteiger partial charge is 0.399 e. The first-order valence-corrected chi connectivity index (χ1v) is 7.37. The highest BCUT2D eigenvalue weighted by Gasteiger charge is 2.52. The molecule has 0 saturated carbocycles. The van der Waals surface area contributed by atoms with Gasteiger partial charge in [-0.1, -0.05) is 0 Å². The molecule has 0 unspecified atom stereocenters. The van der Waals surface area contributed by atoms with Gasteiger partial charge in [0.2, 0.25) is 0 Å². The van der Waals surface area contributed by atoms with Crippen LogP contribution >= 0.6 is 0 Å². The summed E-state index contributed by atoms with van der Waals surface area (Å²) in [6.45, 7) is 9.91. The molecule has 3 rings (SSSR count). The van der Waals surface area contributed by atoms with E-state index in [1.54, 1.807) is 0 Å². The van der Waals surface area contributed by atoms with E-state index >= 15 is 0 Å². The van der Waals surface area contributed by atoms with Crippen LogP contribution < -0.4 is 5.46 Å². The van der Waals surface area contributed by atoms with Gasteiger partial charge in [-0.3, -0.25) is 4.68 Å². The van der Waals surface area contributed by atoms with E-state index in [2.05, 4.69) is 32.8 Å². The predicted octanol–water partition coefficient (Wildman–Crippen LogP) is 1.36. The molecule has 0 aromatic carbocycles. The molecule has 5 nitrogen and oxygen atoms in total. The Morgan fingerprint density at radius 3 is 2.60 bits per heavy atom. The second kappa shape index (κ2) is 4.86. The summed E-state index contributed by atoms with van der Waals surface area (Å²) in [7, 11) is -0.335.